The van der Waals surface area contributed by atoms with Crippen molar-refractivity contribution < 1.29 is 23.8 Å². The van der Waals surface area contributed by atoms with E-state index in [-0.39, 0.29) is 16.9 Å². The molecule has 35 heavy (non-hydrogen) atoms. The largest absolute Gasteiger partial charge is 0.507 e. The van der Waals surface area contributed by atoms with Crippen molar-refractivity contribution in [3.8, 4) is 5.75 Å². The minimum absolute atomic E-state index is 0.0964. The summed E-state index contributed by atoms with van der Waals surface area (Å²) in [6.45, 7) is 2.70. The molecule has 0 saturated carbocycles. The Morgan fingerprint density at radius 3 is 2.34 bits per heavy atom. The summed E-state index contributed by atoms with van der Waals surface area (Å²) in [4.78, 5) is 27.5. The second kappa shape index (κ2) is 10.7. The zero-order valence-electron chi connectivity index (χ0n) is 19.2. The third kappa shape index (κ3) is 5.08. The number of aliphatic hydroxyl groups excluding tert-OH is 1. The molecule has 1 unspecified atom stereocenters. The van der Waals surface area contributed by atoms with Gasteiger partial charge in [-0.2, -0.15) is 0 Å². The number of hydrogen-bond acceptors (Lipinski definition) is 4. The molecule has 1 fully saturated rings. The van der Waals surface area contributed by atoms with Gasteiger partial charge in [-0.3, -0.25) is 14.5 Å². The van der Waals surface area contributed by atoms with Crippen LogP contribution in [-0.2, 0) is 9.59 Å². The normalized spacial score (nSPS) is 17.1. The number of unbranched alkanes of at least 4 members (excludes halogenated alkanes) is 2. The van der Waals surface area contributed by atoms with Crippen LogP contribution in [0.25, 0.3) is 5.76 Å². The minimum atomic E-state index is -1.15. The predicted octanol–water partition coefficient (Wildman–Crippen LogP) is 6.67. The van der Waals surface area contributed by atoms with Crippen LogP contribution < -0.4 is 9.64 Å². The number of ketones is 1. The molecule has 3 aromatic rings. The first-order valence-electron chi connectivity index (χ1n) is 11.5. The Morgan fingerprint density at radius 1 is 1.00 bits per heavy atom. The van der Waals surface area contributed by atoms with E-state index in [1.807, 2.05) is 0 Å². The Kier molecular flexibility index (Phi) is 7.51. The molecule has 0 aliphatic carbocycles. The topological polar surface area (TPSA) is 66.8 Å². The van der Waals surface area contributed by atoms with Crippen molar-refractivity contribution >= 4 is 34.7 Å². The Hall–Kier alpha value is -3.64. The molecule has 1 aliphatic heterocycles. The number of rotatable bonds is 8. The van der Waals surface area contributed by atoms with Gasteiger partial charge >= 0.3 is 0 Å². The highest BCUT2D eigenvalue weighted by Gasteiger charge is 2.47. The van der Waals surface area contributed by atoms with Gasteiger partial charge in [-0.25, -0.2) is 4.39 Å². The first kappa shape index (κ1) is 24.5. The summed E-state index contributed by atoms with van der Waals surface area (Å²) in [5, 5.41) is 11.6. The first-order valence-corrected chi connectivity index (χ1v) is 11.8. The number of carbonyl (C=O) groups is 2. The number of halogens is 2. The molecular formula is C28H25ClFNO4. The summed E-state index contributed by atoms with van der Waals surface area (Å²) in [5.74, 6) is -2.11. The summed E-state index contributed by atoms with van der Waals surface area (Å²) in [7, 11) is 0. The van der Waals surface area contributed by atoms with Crippen LogP contribution in [0, 0.1) is 5.82 Å². The van der Waals surface area contributed by atoms with E-state index in [1.165, 1.54) is 23.1 Å². The molecule has 5 nitrogen and oxygen atoms in total. The predicted molar refractivity (Wildman–Crippen MR) is 134 cm³/mol. The Labute approximate surface area is 208 Å². The zero-order chi connectivity index (χ0) is 24.9. The minimum Gasteiger partial charge on any atom is -0.507 e. The Balaban J connectivity index is 1.76. The van der Waals surface area contributed by atoms with Crippen LogP contribution in [0.2, 0.25) is 5.02 Å². The molecule has 1 heterocycles. The Bertz CT molecular complexity index is 1250. The van der Waals surface area contributed by atoms with E-state index in [2.05, 4.69) is 6.92 Å². The maximum atomic E-state index is 14.9. The highest BCUT2D eigenvalue weighted by atomic mass is 35.5. The highest BCUT2D eigenvalue weighted by molar-refractivity contribution is 6.51. The van der Waals surface area contributed by atoms with Gasteiger partial charge in [0.15, 0.2) is 0 Å². The van der Waals surface area contributed by atoms with Crippen LogP contribution in [0.15, 0.2) is 78.4 Å². The fourth-order valence-electron chi connectivity index (χ4n) is 4.10. The van der Waals surface area contributed by atoms with E-state index in [4.69, 9.17) is 16.3 Å². The van der Waals surface area contributed by atoms with Gasteiger partial charge in [0.2, 0.25) is 0 Å². The number of nitrogens with zero attached hydrogens (tertiary/aromatic N) is 1. The third-order valence-corrected chi connectivity index (χ3v) is 6.15. The van der Waals surface area contributed by atoms with Crippen LogP contribution >= 0.6 is 11.6 Å². The summed E-state index contributed by atoms with van der Waals surface area (Å²) in [6.07, 6.45) is 3.10. The monoisotopic (exact) mass is 493 g/mol. The molecule has 1 saturated heterocycles. The van der Waals surface area contributed by atoms with Gasteiger partial charge in [0.1, 0.15) is 17.3 Å². The van der Waals surface area contributed by atoms with E-state index >= 15 is 0 Å². The van der Waals surface area contributed by atoms with Crippen molar-refractivity contribution in [2.45, 2.75) is 32.2 Å². The molecule has 0 bridgehead atoms. The van der Waals surface area contributed by atoms with Crippen molar-refractivity contribution in [3.05, 3.63) is 100 Å². The van der Waals surface area contributed by atoms with Gasteiger partial charge in [0, 0.05) is 21.8 Å². The SMILES string of the molecule is CCCCCOc1ccc(/C(O)=C2/C(=O)C(=O)N(c3ccc(Cl)cc3)C2c2ccccc2F)cc1. The van der Waals surface area contributed by atoms with Crippen molar-refractivity contribution in [3.63, 3.8) is 0 Å². The standard InChI is InChI=1S/C28H25ClFNO4/c1-2-3-6-17-35-21-15-9-18(10-16-21)26(32)24-25(22-7-4-5-8-23(22)30)31(28(34)27(24)33)20-13-11-19(29)12-14-20/h4-5,7-16,25,32H,2-3,6,17H2,1H3/b26-24-. The van der Waals surface area contributed by atoms with Crippen molar-refractivity contribution in [1.82, 2.24) is 0 Å². The van der Waals surface area contributed by atoms with E-state index in [0.717, 1.165) is 19.3 Å². The van der Waals surface area contributed by atoms with Crippen molar-refractivity contribution in [1.29, 1.82) is 0 Å². The molecule has 3 aromatic carbocycles. The number of ether oxygens (including phenoxy) is 1. The van der Waals surface area contributed by atoms with Gasteiger partial charge < -0.3 is 9.84 Å². The Morgan fingerprint density at radius 2 is 1.69 bits per heavy atom. The fraction of sp³-hybridized carbons (Fsp3) is 0.214. The van der Waals surface area contributed by atoms with Crippen LogP contribution in [0.3, 0.4) is 0 Å². The van der Waals surface area contributed by atoms with Gasteiger partial charge in [0.25, 0.3) is 11.7 Å². The maximum Gasteiger partial charge on any atom is 0.300 e. The molecular weight excluding hydrogens is 469 g/mol. The van der Waals surface area contributed by atoms with E-state index in [1.54, 1.807) is 54.6 Å². The molecule has 1 N–H and O–H groups in total. The van der Waals surface area contributed by atoms with E-state index < -0.39 is 23.5 Å². The van der Waals surface area contributed by atoms with Crippen LogP contribution in [0.1, 0.15) is 43.4 Å². The zero-order valence-corrected chi connectivity index (χ0v) is 20.0. The number of aliphatic hydroxyl groups is 1. The number of carbonyl (C=O) groups excluding carboxylic acids is 2. The molecule has 0 radical (unpaired) electrons. The molecule has 7 heteroatoms. The fourth-order valence-corrected chi connectivity index (χ4v) is 4.22. The van der Waals surface area contributed by atoms with Crippen LogP contribution in [-0.4, -0.2) is 23.4 Å². The number of Topliss-reactive ketones (excluding diaryl/α,β-unsaturated/α-hetero) is 1. The summed E-state index contributed by atoms with van der Waals surface area (Å²) >= 11 is 5.99. The van der Waals surface area contributed by atoms with Crippen LogP contribution in [0.5, 0.6) is 5.75 Å². The van der Waals surface area contributed by atoms with E-state index in [0.29, 0.717) is 28.6 Å². The molecule has 1 aliphatic rings. The lowest BCUT2D eigenvalue weighted by Crippen LogP contribution is -2.29. The summed E-state index contributed by atoms with van der Waals surface area (Å²) in [6, 6.07) is 17.6. The second-order valence-corrected chi connectivity index (χ2v) is 8.68. The molecule has 1 amide bonds. The lowest BCUT2D eigenvalue weighted by Gasteiger charge is -2.25. The van der Waals surface area contributed by atoms with Gasteiger partial charge in [0.05, 0.1) is 18.2 Å². The quantitative estimate of drug-likeness (QED) is 0.164. The van der Waals surface area contributed by atoms with Gasteiger partial charge in [-0.15, -0.1) is 0 Å². The van der Waals surface area contributed by atoms with Crippen molar-refractivity contribution in [2.24, 2.45) is 0 Å². The van der Waals surface area contributed by atoms with Crippen LogP contribution in [0.4, 0.5) is 10.1 Å². The van der Waals surface area contributed by atoms with Gasteiger partial charge in [-0.05, 0) is 61.0 Å². The first-order chi connectivity index (χ1) is 16.9. The summed E-state index contributed by atoms with van der Waals surface area (Å²) in [5.41, 5.74) is 0.590. The maximum absolute atomic E-state index is 14.9. The average molecular weight is 494 g/mol. The van der Waals surface area contributed by atoms with Crippen molar-refractivity contribution in [2.75, 3.05) is 11.5 Å². The lowest BCUT2D eigenvalue weighted by molar-refractivity contribution is -0.132. The third-order valence-electron chi connectivity index (χ3n) is 5.89. The smallest absolute Gasteiger partial charge is 0.300 e. The van der Waals surface area contributed by atoms with E-state index in [9.17, 15) is 19.1 Å². The highest BCUT2D eigenvalue weighted by Crippen LogP contribution is 2.43. The number of anilines is 1. The molecule has 4 rings (SSSR count). The van der Waals surface area contributed by atoms with Gasteiger partial charge in [-0.1, -0.05) is 49.6 Å². The molecule has 180 valence electrons. The number of hydrogen-bond donors (Lipinski definition) is 1. The molecule has 0 aromatic heterocycles. The summed E-state index contributed by atoms with van der Waals surface area (Å²) < 4.78 is 20.6. The molecule has 1 atom stereocenters. The molecule has 0 spiro atoms. The lowest BCUT2D eigenvalue weighted by atomic mass is 9.94. The number of benzene rings is 3. The second-order valence-electron chi connectivity index (χ2n) is 8.25. The average Bonchev–Trinajstić information content (AvgIpc) is 3.13. The number of amides is 1.